The molecule has 0 N–H and O–H groups in total. The SMILES string of the molecule is CCO[C@@H]1C[C@]2(c3ccc(OC)cc3)ON=C(c3ccc(OC)cc3)N2O1. The zero-order valence-corrected chi connectivity index (χ0v) is 15.5. The molecule has 1 fully saturated rings. The maximum absolute atomic E-state index is 6.06. The highest BCUT2D eigenvalue weighted by atomic mass is 16.9. The van der Waals surface area contributed by atoms with E-state index in [9.17, 15) is 0 Å². The van der Waals surface area contributed by atoms with Crippen molar-refractivity contribution in [2.75, 3.05) is 20.8 Å². The Morgan fingerprint density at radius 1 is 1.04 bits per heavy atom. The van der Waals surface area contributed by atoms with Crippen molar-refractivity contribution in [3.8, 4) is 11.5 Å². The number of hydrogen-bond acceptors (Lipinski definition) is 7. The topological polar surface area (TPSA) is 61.8 Å². The zero-order chi connectivity index (χ0) is 18.9. The van der Waals surface area contributed by atoms with Crippen LogP contribution in [0.4, 0.5) is 0 Å². The lowest BCUT2D eigenvalue weighted by molar-refractivity contribution is -0.237. The van der Waals surface area contributed by atoms with Gasteiger partial charge in [-0.15, -0.1) is 0 Å². The lowest BCUT2D eigenvalue weighted by atomic mass is 9.98. The van der Waals surface area contributed by atoms with Gasteiger partial charge in [-0.2, -0.15) is 5.06 Å². The first-order chi connectivity index (χ1) is 13.2. The molecular formula is C20H22N2O5. The Bertz CT molecular complexity index is 821. The molecule has 2 aromatic rings. The number of methoxy groups -OCH3 is 2. The van der Waals surface area contributed by atoms with Crippen molar-refractivity contribution in [3.63, 3.8) is 0 Å². The number of benzene rings is 2. The predicted octanol–water partition coefficient (Wildman–Crippen LogP) is 3.25. The van der Waals surface area contributed by atoms with E-state index < -0.39 is 12.0 Å². The summed E-state index contributed by atoms with van der Waals surface area (Å²) >= 11 is 0. The summed E-state index contributed by atoms with van der Waals surface area (Å²) in [5.41, 5.74) is 0.905. The Morgan fingerprint density at radius 2 is 1.67 bits per heavy atom. The quantitative estimate of drug-likeness (QED) is 0.778. The third-order valence-corrected chi connectivity index (χ3v) is 4.71. The third kappa shape index (κ3) is 2.98. The van der Waals surface area contributed by atoms with Crippen LogP contribution in [-0.2, 0) is 20.1 Å². The predicted molar refractivity (Wildman–Crippen MR) is 98.2 cm³/mol. The summed E-state index contributed by atoms with van der Waals surface area (Å²) in [6.45, 7) is 2.48. The smallest absolute Gasteiger partial charge is 0.264 e. The van der Waals surface area contributed by atoms with E-state index in [1.54, 1.807) is 19.3 Å². The van der Waals surface area contributed by atoms with Crippen LogP contribution in [0.15, 0.2) is 53.7 Å². The minimum absolute atomic E-state index is 0.416. The largest absolute Gasteiger partial charge is 0.497 e. The molecule has 0 saturated carbocycles. The van der Waals surface area contributed by atoms with Gasteiger partial charge in [-0.3, -0.25) is 0 Å². The molecule has 0 unspecified atom stereocenters. The molecule has 4 rings (SSSR count). The highest BCUT2D eigenvalue weighted by Gasteiger charge is 2.57. The van der Waals surface area contributed by atoms with Crippen molar-refractivity contribution < 1.29 is 23.9 Å². The molecule has 2 aromatic carbocycles. The molecule has 0 radical (unpaired) electrons. The molecule has 7 heteroatoms. The Balaban J connectivity index is 1.69. The fraction of sp³-hybridized carbons (Fsp3) is 0.350. The monoisotopic (exact) mass is 370 g/mol. The lowest BCUT2D eigenvalue weighted by Gasteiger charge is -2.28. The van der Waals surface area contributed by atoms with E-state index in [1.807, 2.05) is 55.5 Å². The highest BCUT2D eigenvalue weighted by Crippen LogP contribution is 2.47. The van der Waals surface area contributed by atoms with E-state index in [4.69, 9.17) is 23.9 Å². The summed E-state index contributed by atoms with van der Waals surface area (Å²) in [6, 6.07) is 15.3. The van der Waals surface area contributed by atoms with Crippen molar-refractivity contribution in [2.24, 2.45) is 5.16 Å². The molecule has 0 amide bonds. The normalized spacial score (nSPS) is 23.6. The van der Waals surface area contributed by atoms with Gasteiger partial charge in [0, 0.05) is 17.7 Å². The maximum Gasteiger partial charge on any atom is 0.264 e. The molecular weight excluding hydrogens is 348 g/mol. The van der Waals surface area contributed by atoms with Crippen LogP contribution in [0, 0.1) is 0 Å². The van der Waals surface area contributed by atoms with E-state index in [0.717, 1.165) is 22.6 Å². The summed E-state index contributed by atoms with van der Waals surface area (Å²) in [4.78, 5) is 12.0. The third-order valence-electron chi connectivity index (χ3n) is 4.71. The average molecular weight is 370 g/mol. The van der Waals surface area contributed by atoms with Gasteiger partial charge in [-0.05, 0) is 55.5 Å². The summed E-state index contributed by atoms with van der Waals surface area (Å²) < 4.78 is 16.2. The summed E-state index contributed by atoms with van der Waals surface area (Å²) in [6.07, 6.45) is 0.0805. The van der Waals surface area contributed by atoms with Gasteiger partial charge in [0.2, 0.25) is 5.84 Å². The van der Waals surface area contributed by atoms with E-state index in [1.165, 1.54) is 0 Å². The second-order valence-electron chi connectivity index (χ2n) is 6.24. The molecule has 1 saturated heterocycles. The Hall–Kier alpha value is -2.77. The van der Waals surface area contributed by atoms with Crippen LogP contribution >= 0.6 is 0 Å². The van der Waals surface area contributed by atoms with Gasteiger partial charge in [-0.25, -0.2) is 4.84 Å². The van der Waals surface area contributed by atoms with Gasteiger partial charge in [0.1, 0.15) is 11.5 Å². The molecule has 2 aliphatic heterocycles. The highest BCUT2D eigenvalue weighted by molar-refractivity contribution is 5.99. The Labute approximate surface area is 158 Å². The van der Waals surface area contributed by atoms with Gasteiger partial charge in [0.05, 0.1) is 20.6 Å². The van der Waals surface area contributed by atoms with E-state index in [0.29, 0.717) is 18.9 Å². The van der Waals surface area contributed by atoms with Crippen molar-refractivity contribution in [2.45, 2.75) is 25.4 Å². The van der Waals surface area contributed by atoms with Gasteiger partial charge in [-0.1, -0.05) is 5.16 Å². The average Bonchev–Trinajstić information content (AvgIpc) is 3.25. The number of nitrogens with zero attached hydrogens (tertiary/aromatic N) is 2. The molecule has 27 heavy (non-hydrogen) atoms. The second-order valence-corrected chi connectivity index (χ2v) is 6.24. The minimum Gasteiger partial charge on any atom is -0.497 e. The van der Waals surface area contributed by atoms with Crippen molar-refractivity contribution in [1.29, 1.82) is 0 Å². The second kappa shape index (κ2) is 7.09. The van der Waals surface area contributed by atoms with Crippen LogP contribution in [0.5, 0.6) is 11.5 Å². The number of rotatable bonds is 6. The number of amidine groups is 1. The molecule has 0 aliphatic carbocycles. The maximum atomic E-state index is 6.06. The van der Waals surface area contributed by atoms with E-state index >= 15 is 0 Å². The molecule has 2 atom stereocenters. The fourth-order valence-electron chi connectivity index (χ4n) is 3.32. The summed E-state index contributed by atoms with van der Waals surface area (Å²) in [5.74, 6) is 2.14. The van der Waals surface area contributed by atoms with Crippen molar-refractivity contribution in [3.05, 3.63) is 59.7 Å². The van der Waals surface area contributed by atoms with Crippen LogP contribution in [0.3, 0.4) is 0 Å². The van der Waals surface area contributed by atoms with Crippen molar-refractivity contribution >= 4 is 5.84 Å². The number of oxime groups is 1. The summed E-state index contributed by atoms with van der Waals surface area (Å²) in [5, 5.41) is 6.03. The molecule has 0 bridgehead atoms. The first-order valence-electron chi connectivity index (χ1n) is 8.84. The lowest BCUT2D eigenvalue weighted by Crippen LogP contribution is -2.40. The Kier molecular flexibility index (Phi) is 4.63. The summed E-state index contributed by atoms with van der Waals surface area (Å²) in [7, 11) is 3.27. The van der Waals surface area contributed by atoms with Crippen LogP contribution in [0.2, 0.25) is 0 Å². The number of hydroxylamine groups is 2. The number of fused-ring (bicyclic) bond motifs is 1. The minimum atomic E-state index is -0.874. The van der Waals surface area contributed by atoms with Crippen LogP contribution in [0.1, 0.15) is 24.5 Å². The first-order valence-corrected chi connectivity index (χ1v) is 8.84. The number of ether oxygens (including phenoxy) is 3. The van der Waals surface area contributed by atoms with Gasteiger partial charge < -0.3 is 19.0 Å². The van der Waals surface area contributed by atoms with Crippen LogP contribution < -0.4 is 9.47 Å². The standard InChI is InChI=1S/C20H22N2O5/c1-4-25-18-13-20(15-7-11-17(24-3)12-8-15)22(26-18)19(21-27-20)14-5-9-16(23-2)10-6-14/h5-12,18H,4,13H2,1-3H3/t18-,20+/m0/s1. The molecule has 7 nitrogen and oxygen atoms in total. The van der Waals surface area contributed by atoms with Gasteiger partial charge in [0.15, 0.2) is 6.29 Å². The van der Waals surface area contributed by atoms with Crippen LogP contribution in [-0.4, -0.2) is 38.0 Å². The van der Waals surface area contributed by atoms with E-state index in [-0.39, 0.29) is 0 Å². The first kappa shape index (κ1) is 17.6. The zero-order valence-electron chi connectivity index (χ0n) is 15.5. The fourth-order valence-corrected chi connectivity index (χ4v) is 3.32. The van der Waals surface area contributed by atoms with Crippen molar-refractivity contribution in [1.82, 2.24) is 5.06 Å². The molecule has 0 spiro atoms. The van der Waals surface area contributed by atoms with Gasteiger partial charge >= 0.3 is 0 Å². The molecule has 0 aromatic heterocycles. The number of hydrogen-bond donors (Lipinski definition) is 0. The van der Waals surface area contributed by atoms with E-state index in [2.05, 4.69) is 5.16 Å². The van der Waals surface area contributed by atoms with Gasteiger partial charge in [0.25, 0.3) is 5.72 Å². The van der Waals surface area contributed by atoms with Crippen LogP contribution in [0.25, 0.3) is 0 Å². The Morgan fingerprint density at radius 3 is 2.26 bits per heavy atom. The molecule has 2 heterocycles. The molecule has 2 aliphatic rings. The molecule has 142 valence electrons.